The highest BCUT2D eigenvalue weighted by atomic mass is 32.1. The number of ether oxygens (including phenoxy) is 1. The maximum Gasteiger partial charge on any atom is 0.194 e. The molecule has 0 amide bonds. The summed E-state index contributed by atoms with van der Waals surface area (Å²) in [6, 6.07) is 13.1. The number of carbonyl (C=O) groups excluding carboxylic acids is 1. The fourth-order valence-electron chi connectivity index (χ4n) is 5.67. The van der Waals surface area contributed by atoms with Crippen LogP contribution in [0.3, 0.4) is 0 Å². The molecule has 35 heavy (non-hydrogen) atoms. The van der Waals surface area contributed by atoms with Crippen LogP contribution in [0, 0.1) is 0 Å². The molecular weight excluding hydrogens is 454 g/mol. The number of hydrogen-bond donors (Lipinski definition) is 1. The summed E-state index contributed by atoms with van der Waals surface area (Å²) in [5.74, 6) is 1.58. The molecule has 1 aliphatic carbocycles. The molecule has 3 aromatic rings. The smallest absolute Gasteiger partial charge is 0.194 e. The lowest BCUT2D eigenvalue weighted by molar-refractivity contribution is 0.103. The van der Waals surface area contributed by atoms with Crippen molar-refractivity contribution >= 4 is 27.2 Å². The first-order valence-corrected chi connectivity index (χ1v) is 14.3. The first-order chi connectivity index (χ1) is 17.2. The number of rotatable bonds is 7. The maximum atomic E-state index is 13.9. The number of fused-ring (bicyclic) bond motifs is 1. The van der Waals surface area contributed by atoms with Crippen molar-refractivity contribution in [2.24, 2.45) is 0 Å². The van der Waals surface area contributed by atoms with Crippen molar-refractivity contribution in [2.45, 2.75) is 70.1 Å². The Bertz CT molecular complexity index is 1120. The van der Waals surface area contributed by atoms with Crippen LogP contribution in [0.15, 0.2) is 42.5 Å². The second kappa shape index (κ2) is 11.6. The van der Waals surface area contributed by atoms with Gasteiger partial charge in [0.15, 0.2) is 5.78 Å². The molecule has 2 fully saturated rings. The van der Waals surface area contributed by atoms with Gasteiger partial charge in [0.25, 0.3) is 0 Å². The summed E-state index contributed by atoms with van der Waals surface area (Å²) in [7, 11) is 0. The Hall–Kier alpha value is -2.37. The average molecular weight is 492 g/mol. The van der Waals surface area contributed by atoms with E-state index in [0.717, 1.165) is 40.8 Å². The van der Waals surface area contributed by atoms with E-state index in [1.807, 2.05) is 36.4 Å². The molecule has 0 unspecified atom stereocenters. The highest BCUT2D eigenvalue weighted by Crippen LogP contribution is 2.43. The Morgan fingerprint density at radius 1 is 0.914 bits per heavy atom. The van der Waals surface area contributed by atoms with Crippen LogP contribution in [0.4, 0.5) is 0 Å². The zero-order valence-corrected chi connectivity index (χ0v) is 21.5. The fraction of sp³-hybridized carbons (Fsp3) is 0.500. The number of piperidine rings is 1. The van der Waals surface area contributed by atoms with Crippen molar-refractivity contribution in [3.63, 3.8) is 0 Å². The van der Waals surface area contributed by atoms with E-state index in [1.165, 1.54) is 69.3 Å². The molecule has 0 atom stereocenters. The van der Waals surface area contributed by atoms with Crippen LogP contribution >= 0.6 is 11.3 Å². The summed E-state index contributed by atoms with van der Waals surface area (Å²) in [5, 5.41) is 11.0. The van der Waals surface area contributed by atoms with Gasteiger partial charge in [-0.15, -0.1) is 11.3 Å². The Morgan fingerprint density at radius 2 is 1.60 bits per heavy atom. The van der Waals surface area contributed by atoms with Gasteiger partial charge >= 0.3 is 0 Å². The Morgan fingerprint density at radius 3 is 2.34 bits per heavy atom. The predicted octanol–water partition coefficient (Wildman–Crippen LogP) is 7.53. The molecule has 186 valence electrons. The molecule has 5 rings (SSSR count). The minimum atomic E-state index is 0.0823. The predicted molar refractivity (Wildman–Crippen MR) is 144 cm³/mol. The Kier molecular flexibility index (Phi) is 8.05. The first-order valence-electron chi connectivity index (χ1n) is 13.4. The van der Waals surface area contributed by atoms with Crippen LogP contribution in [-0.2, 0) is 0 Å². The summed E-state index contributed by atoms with van der Waals surface area (Å²) < 4.78 is 6.99. The molecule has 1 aromatic heterocycles. The third kappa shape index (κ3) is 5.90. The molecule has 0 spiro atoms. The van der Waals surface area contributed by atoms with Gasteiger partial charge in [-0.3, -0.25) is 9.69 Å². The zero-order valence-electron chi connectivity index (χ0n) is 20.6. The van der Waals surface area contributed by atoms with Gasteiger partial charge in [-0.05, 0) is 87.2 Å². The van der Waals surface area contributed by atoms with Gasteiger partial charge in [0.1, 0.15) is 18.1 Å². The van der Waals surface area contributed by atoms with Crippen molar-refractivity contribution in [2.75, 3.05) is 26.2 Å². The standard InChI is InChI=1S/C30H37NO3S/c32-24-13-16-26-27(21-24)35-30(23-9-5-2-1-3-6-10-23)28(26)29(33)22-11-14-25(15-12-22)34-20-19-31-17-7-4-8-18-31/h11-16,21,23,32H,1-10,17-20H2. The number of nitrogens with zero attached hydrogens (tertiary/aromatic N) is 1. The van der Waals surface area contributed by atoms with E-state index in [1.54, 1.807) is 17.4 Å². The number of phenols is 1. The minimum absolute atomic E-state index is 0.0823. The fourth-order valence-corrected chi connectivity index (χ4v) is 7.07. The molecule has 5 heteroatoms. The van der Waals surface area contributed by atoms with Crippen molar-refractivity contribution < 1.29 is 14.6 Å². The van der Waals surface area contributed by atoms with Crippen LogP contribution in [0.5, 0.6) is 11.5 Å². The van der Waals surface area contributed by atoms with Crippen LogP contribution < -0.4 is 4.74 Å². The average Bonchev–Trinajstić information content (AvgIpc) is 3.23. The lowest BCUT2D eigenvalue weighted by atomic mass is 9.86. The molecule has 4 nitrogen and oxygen atoms in total. The molecule has 0 bridgehead atoms. The molecular formula is C30H37NO3S. The second-order valence-electron chi connectivity index (χ2n) is 10.2. The number of benzene rings is 2. The maximum absolute atomic E-state index is 13.9. The van der Waals surface area contributed by atoms with Crippen LogP contribution in [0.25, 0.3) is 10.1 Å². The van der Waals surface area contributed by atoms with E-state index in [0.29, 0.717) is 18.1 Å². The van der Waals surface area contributed by atoms with Gasteiger partial charge in [0, 0.05) is 32.6 Å². The van der Waals surface area contributed by atoms with E-state index in [-0.39, 0.29) is 11.5 Å². The summed E-state index contributed by atoms with van der Waals surface area (Å²) in [6.07, 6.45) is 12.5. The molecule has 1 aliphatic heterocycles. The van der Waals surface area contributed by atoms with Gasteiger partial charge in [-0.2, -0.15) is 0 Å². The molecule has 0 radical (unpaired) electrons. The third-order valence-corrected chi connectivity index (χ3v) is 8.96. The summed E-state index contributed by atoms with van der Waals surface area (Å²) in [5.41, 5.74) is 1.54. The van der Waals surface area contributed by atoms with Crippen molar-refractivity contribution in [1.82, 2.24) is 4.90 Å². The summed E-state index contributed by atoms with van der Waals surface area (Å²) in [4.78, 5) is 17.5. The van der Waals surface area contributed by atoms with Crippen molar-refractivity contribution in [1.29, 1.82) is 0 Å². The number of phenolic OH excluding ortho intramolecular Hbond substituents is 1. The number of aromatic hydroxyl groups is 1. The minimum Gasteiger partial charge on any atom is -0.508 e. The van der Waals surface area contributed by atoms with Crippen molar-refractivity contribution in [3.8, 4) is 11.5 Å². The number of thiophene rings is 1. The quantitative estimate of drug-likeness (QED) is 0.347. The molecule has 2 aliphatic rings. The lowest BCUT2D eigenvalue weighted by Crippen LogP contribution is -2.33. The van der Waals surface area contributed by atoms with E-state index in [2.05, 4.69) is 4.90 Å². The zero-order chi connectivity index (χ0) is 24.0. The topological polar surface area (TPSA) is 49.8 Å². The highest BCUT2D eigenvalue weighted by Gasteiger charge is 2.26. The molecule has 1 saturated heterocycles. The SMILES string of the molecule is O=C(c1ccc(OCCN2CCCCC2)cc1)c1c(C2CCCCCCC2)sc2cc(O)ccc12. The van der Waals surface area contributed by atoms with E-state index < -0.39 is 0 Å². The molecule has 2 aromatic carbocycles. The van der Waals surface area contributed by atoms with Gasteiger partial charge in [0.2, 0.25) is 0 Å². The first kappa shape index (κ1) is 24.3. The monoisotopic (exact) mass is 491 g/mol. The van der Waals surface area contributed by atoms with Crippen LogP contribution in [0.1, 0.15) is 90.9 Å². The van der Waals surface area contributed by atoms with Crippen LogP contribution in [-0.4, -0.2) is 42.0 Å². The van der Waals surface area contributed by atoms with Crippen molar-refractivity contribution in [3.05, 3.63) is 58.5 Å². The second-order valence-corrected chi connectivity index (χ2v) is 11.3. The Labute approximate surface area is 212 Å². The third-order valence-electron chi connectivity index (χ3n) is 7.65. The van der Waals surface area contributed by atoms with Gasteiger partial charge in [0.05, 0.1) is 0 Å². The summed E-state index contributed by atoms with van der Waals surface area (Å²) >= 11 is 1.70. The number of likely N-dealkylation sites (tertiary alicyclic amines) is 1. The Balaban J connectivity index is 1.35. The van der Waals surface area contributed by atoms with E-state index >= 15 is 0 Å². The van der Waals surface area contributed by atoms with Crippen LogP contribution in [0.2, 0.25) is 0 Å². The number of ketones is 1. The molecule has 2 heterocycles. The normalized spacial score (nSPS) is 18.3. The molecule has 1 saturated carbocycles. The van der Waals surface area contributed by atoms with Gasteiger partial charge in [-0.1, -0.05) is 38.5 Å². The van der Waals surface area contributed by atoms with Gasteiger partial charge < -0.3 is 9.84 Å². The summed E-state index contributed by atoms with van der Waals surface area (Å²) in [6.45, 7) is 3.98. The molecule has 1 N–H and O–H groups in total. The largest absolute Gasteiger partial charge is 0.508 e. The van der Waals surface area contributed by atoms with E-state index in [4.69, 9.17) is 4.74 Å². The number of carbonyl (C=O) groups is 1. The van der Waals surface area contributed by atoms with E-state index in [9.17, 15) is 9.90 Å². The highest BCUT2D eigenvalue weighted by molar-refractivity contribution is 7.19. The van der Waals surface area contributed by atoms with Gasteiger partial charge in [-0.25, -0.2) is 0 Å². The number of hydrogen-bond acceptors (Lipinski definition) is 5. The lowest BCUT2D eigenvalue weighted by Gasteiger charge is -2.26.